The van der Waals surface area contributed by atoms with Gasteiger partial charge < -0.3 is 19.5 Å². The van der Waals surface area contributed by atoms with Crippen molar-refractivity contribution >= 4 is 40.5 Å². The second-order valence-corrected chi connectivity index (χ2v) is 7.92. The number of fused-ring (bicyclic) bond motifs is 1. The van der Waals surface area contributed by atoms with E-state index in [1.807, 2.05) is 6.07 Å². The number of carbonyl (C=O) groups excluding carboxylic acids is 4. The summed E-state index contributed by atoms with van der Waals surface area (Å²) in [4.78, 5) is 56.8. The molecule has 3 N–H and O–H groups in total. The number of amides is 3. The van der Waals surface area contributed by atoms with Crippen LogP contribution in [0.2, 0.25) is 0 Å². The number of hydrogen-bond acceptors (Lipinski definition) is 8. The van der Waals surface area contributed by atoms with Crippen molar-refractivity contribution < 1.29 is 23.9 Å². The van der Waals surface area contributed by atoms with Gasteiger partial charge in [-0.3, -0.25) is 19.7 Å². The number of aromatic nitrogens is 5. The van der Waals surface area contributed by atoms with Gasteiger partial charge in [-0.2, -0.15) is 0 Å². The van der Waals surface area contributed by atoms with E-state index >= 15 is 0 Å². The third-order valence-electron chi connectivity index (χ3n) is 5.76. The van der Waals surface area contributed by atoms with E-state index in [4.69, 9.17) is 4.74 Å². The van der Waals surface area contributed by atoms with Crippen LogP contribution in [0, 0.1) is 0 Å². The van der Waals surface area contributed by atoms with Gasteiger partial charge in [0.1, 0.15) is 0 Å². The van der Waals surface area contributed by atoms with Gasteiger partial charge in [-0.1, -0.05) is 35.4 Å². The van der Waals surface area contributed by atoms with E-state index in [0.717, 1.165) is 0 Å². The number of rotatable bonds is 5. The number of carbonyl (C=O) groups is 4. The second-order valence-electron chi connectivity index (χ2n) is 7.92. The van der Waals surface area contributed by atoms with Gasteiger partial charge in [0.15, 0.2) is 5.75 Å². The highest BCUT2D eigenvalue weighted by Gasteiger charge is 2.30. The zero-order chi connectivity index (χ0) is 25.1. The number of piperazine rings is 1. The minimum atomic E-state index is -0.845. The van der Waals surface area contributed by atoms with Crippen LogP contribution < -0.4 is 10.1 Å². The summed E-state index contributed by atoms with van der Waals surface area (Å²) in [5.74, 6) is -1.31. The molecule has 0 aliphatic carbocycles. The van der Waals surface area contributed by atoms with Gasteiger partial charge in [-0.15, -0.1) is 0 Å². The van der Waals surface area contributed by atoms with Crippen molar-refractivity contribution in [3.8, 4) is 5.75 Å². The summed E-state index contributed by atoms with van der Waals surface area (Å²) in [5, 5.41) is 15.4. The number of aromatic amines is 2. The normalized spacial score (nSPS) is 13.4. The summed E-state index contributed by atoms with van der Waals surface area (Å²) in [6.07, 6.45) is 0.563. The van der Waals surface area contributed by atoms with Crippen LogP contribution >= 0.6 is 0 Å². The van der Waals surface area contributed by atoms with Crippen LogP contribution in [0.4, 0.5) is 10.7 Å². The number of para-hydroxylation sites is 1. The SMILES string of the molecule is O=C(Nc1nnn[nH]1)Oc1cccc2c(C(=O)C(=O)N3CCN(C(=O)c4ccccc4)CC3)c[nH]c12. The molecule has 0 radical (unpaired) electrons. The number of benzene rings is 2. The second kappa shape index (κ2) is 9.66. The minimum Gasteiger partial charge on any atom is -0.408 e. The van der Waals surface area contributed by atoms with Gasteiger partial charge in [-0.05, 0) is 28.6 Å². The molecule has 3 amide bonds. The van der Waals surface area contributed by atoms with Gasteiger partial charge in [0.25, 0.3) is 17.6 Å². The standard InChI is InChI=1S/C23H20N8O5/c32-19(21(34)31-11-9-30(10-12-31)20(33)14-5-2-1-3-6-14)16-13-24-18-15(16)7-4-8-17(18)36-23(35)25-22-26-28-29-27-22/h1-8,13,24H,9-12H2,(H2,25,26,27,28,29,35). The number of tetrazole rings is 1. The van der Waals surface area contributed by atoms with E-state index in [1.165, 1.54) is 17.2 Å². The van der Waals surface area contributed by atoms with Crippen LogP contribution in [0.3, 0.4) is 0 Å². The maximum atomic E-state index is 13.1. The Hall–Kier alpha value is -5.07. The number of nitrogens with one attached hydrogen (secondary N) is 3. The van der Waals surface area contributed by atoms with Crippen LogP contribution in [0.1, 0.15) is 20.7 Å². The Morgan fingerprint density at radius 3 is 2.39 bits per heavy atom. The molecule has 13 nitrogen and oxygen atoms in total. The van der Waals surface area contributed by atoms with E-state index in [9.17, 15) is 19.2 Å². The quantitative estimate of drug-likeness (QED) is 0.280. The summed E-state index contributed by atoms with van der Waals surface area (Å²) in [5.41, 5.74) is 1.11. The summed E-state index contributed by atoms with van der Waals surface area (Å²) in [6.45, 7) is 1.15. The van der Waals surface area contributed by atoms with Crippen molar-refractivity contribution in [2.75, 3.05) is 31.5 Å². The molecule has 36 heavy (non-hydrogen) atoms. The lowest BCUT2D eigenvalue weighted by Crippen LogP contribution is -2.52. The number of ether oxygens (including phenoxy) is 1. The Morgan fingerprint density at radius 1 is 0.917 bits per heavy atom. The van der Waals surface area contributed by atoms with Crippen molar-refractivity contribution in [1.29, 1.82) is 0 Å². The third kappa shape index (κ3) is 4.49. The molecule has 2 aromatic heterocycles. The first kappa shape index (κ1) is 22.7. The van der Waals surface area contributed by atoms with Crippen molar-refractivity contribution in [1.82, 2.24) is 35.4 Å². The molecule has 0 atom stereocenters. The molecular formula is C23H20N8O5. The minimum absolute atomic E-state index is 0.00527. The fourth-order valence-corrected chi connectivity index (χ4v) is 3.97. The lowest BCUT2D eigenvalue weighted by atomic mass is 10.1. The lowest BCUT2D eigenvalue weighted by Gasteiger charge is -2.34. The predicted molar refractivity (Wildman–Crippen MR) is 125 cm³/mol. The van der Waals surface area contributed by atoms with Crippen LogP contribution in [0.5, 0.6) is 5.75 Å². The smallest absolute Gasteiger partial charge is 0.408 e. The van der Waals surface area contributed by atoms with Gasteiger partial charge >= 0.3 is 6.09 Å². The van der Waals surface area contributed by atoms with E-state index in [2.05, 4.69) is 30.9 Å². The molecule has 5 rings (SSSR count). The zero-order valence-corrected chi connectivity index (χ0v) is 18.8. The van der Waals surface area contributed by atoms with Crippen molar-refractivity contribution in [2.45, 2.75) is 0 Å². The molecule has 182 valence electrons. The molecule has 3 heterocycles. The topological polar surface area (TPSA) is 166 Å². The zero-order valence-electron chi connectivity index (χ0n) is 18.8. The Bertz CT molecular complexity index is 1430. The van der Waals surface area contributed by atoms with Crippen LogP contribution in [-0.4, -0.2) is 85.3 Å². The molecule has 1 saturated heterocycles. The Balaban J connectivity index is 1.25. The fourth-order valence-electron chi connectivity index (χ4n) is 3.97. The molecule has 1 aliphatic heterocycles. The molecular weight excluding hydrogens is 468 g/mol. The largest absolute Gasteiger partial charge is 0.419 e. The fraction of sp³-hybridized carbons (Fsp3) is 0.174. The van der Waals surface area contributed by atoms with Crippen molar-refractivity contribution in [2.24, 2.45) is 0 Å². The highest BCUT2D eigenvalue weighted by molar-refractivity contribution is 6.45. The van der Waals surface area contributed by atoms with Gasteiger partial charge in [0.05, 0.1) is 11.1 Å². The Morgan fingerprint density at radius 2 is 1.67 bits per heavy atom. The van der Waals surface area contributed by atoms with Gasteiger partial charge in [0, 0.05) is 43.3 Å². The number of anilines is 1. The molecule has 0 saturated carbocycles. The number of Topliss-reactive ketones (excluding diaryl/α,β-unsaturated/α-hetero) is 1. The highest BCUT2D eigenvalue weighted by Crippen LogP contribution is 2.28. The summed E-state index contributed by atoms with van der Waals surface area (Å²) < 4.78 is 5.30. The van der Waals surface area contributed by atoms with Crippen molar-refractivity contribution in [3.63, 3.8) is 0 Å². The van der Waals surface area contributed by atoms with Crippen LogP contribution in [0.15, 0.2) is 54.7 Å². The monoisotopic (exact) mass is 488 g/mol. The summed E-state index contributed by atoms with van der Waals surface area (Å²) in [6, 6.07) is 13.7. The highest BCUT2D eigenvalue weighted by atomic mass is 16.6. The third-order valence-corrected chi connectivity index (χ3v) is 5.76. The molecule has 1 fully saturated rings. The molecule has 0 bridgehead atoms. The average Bonchev–Trinajstić information content (AvgIpc) is 3.58. The van der Waals surface area contributed by atoms with E-state index < -0.39 is 17.8 Å². The summed E-state index contributed by atoms with van der Waals surface area (Å²) >= 11 is 0. The maximum absolute atomic E-state index is 13.1. The maximum Gasteiger partial charge on any atom is 0.419 e. The predicted octanol–water partition coefficient (Wildman–Crippen LogP) is 1.46. The molecule has 1 aliphatic rings. The van der Waals surface area contributed by atoms with E-state index in [0.29, 0.717) is 29.6 Å². The molecule has 0 spiro atoms. The number of hydrogen-bond donors (Lipinski definition) is 3. The molecule has 2 aromatic carbocycles. The van der Waals surface area contributed by atoms with Gasteiger partial charge in [0.2, 0.25) is 5.95 Å². The Kier molecular flexibility index (Phi) is 6.09. The van der Waals surface area contributed by atoms with Crippen LogP contribution in [0.25, 0.3) is 10.9 Å². The first-order valence-electron chi connectivity index (χ1n) is 11.0. The van der Waals surface area contributed by atoms with Gasteiger partial charge in [-0.25, -0.2) is 9.89 Å². The number of nitrogens with zero attached hydrogens (tertiary/aromatic N) is 5. The molecule has 0 unspecified atom stereocenters. The summed E-state index contributed by atoms with van der Waals surface area (Å²) in [7, 11) is 0. The van der Waals surface area contributed by atoms with Crippen molar-refractivity contribution in [3.05, 3.63) is 65.9 Å². The Labute approximate surface area is 203 Å². The first-order chi connectivity index (χ1) is 17.5. The van der Waals surface area contributed by atoms with E-state index in [1.54, 1.807) is 41.3 Å². The number of ketones is 1. The first-order valence-corrected chi connectivity index (χ1v) is 11.0. The average molecular weight is 488 g/mol. The molecule has 4 aromatic rings. The lowest BCUT2D eigenvalue weighted by molar-refractivity contribution is -0.127. The van der Waals surface area contributed by atoms with E-state index in [-0.39, 0.29) is 36.3 Å². The number of H-pyrrole nitrogens is 2. The van der Waals surface area contributed by atoms with Crippen LogP contribution in [-0.2, 0) is 4.79 Å². The molecule has 13 heteroatoms.